The molecule has 0 N–H and O–H groups in total. The number of benzene rings is 1. The highest BCUT2D eigenvalue weighted by atomic mass is 35.5. The molecule has 0 fully saturated rings. The number of methoxy groups -OCH3 is 1. The van der Waals surface area contributed by atoms with Gasteiger partial charge in [-0.05, 0) is 25.1 Å². The van der Waals surface area contributed by atoms with Crippen LogP contribution >= 0.6 is 11.6 Å². The molecule has 1 atom stereocenters. The number of esters is 1. The third-order valence-electron chi connectivity index (χ3n) is 1.88. The summed E-state index contributed by atoms with van der Waals surface area (Å²) in [4.78, 5) is 21.7. The molecule has 4 nitrogen and oxygen atoms in total. The van der Waals surface area contributed by atoms with E-state index in [1.54, 1.807) is 6.92 Å². The Balaban J connectivity index is 2.84. The highest BCUT2D eigenvalue weighted by Crippen LogP contribution is 2.21. The van der Waals surface area contributed by atoms with Gasteiger partial charge in [-0.25, -0.2) is 4.79 Å². The molecule has 0 bridgehead atoms. The fourth-order valence-electron chi connectivity index (χ4n) is 1.14. The molecule has 0 aliphatic heterocycles. The van der Waals surface area contributed by atoms with E-state index >= 15 is 0 Å². The summed E-state index contributed by atoms with van der Waals surface area (Å²) in [5.74, 6) is -0.139. The Kier molecular flexibility index (Phi) is 4.31. The Bertz CT molecular complexity index is 403. The van der Waals surface area contributed by atoms with Gasteiger partial charge in [0.2, 0.25) is 0 Å². The molecule has 1 aromatic rings. The molecule has 0 saturated carbocycles. The van der Waals surface area contributed by atoms with Gasteiger partial charge in [0, 0.05) is 10.6 Å². The van der Waals surface area contributed by atoms with E-state index in [4.69, 9.17) is 16.3 Å². The SMILES string of the molecule is COC(=O)[C@@H](C)Oc1cc(Cl)cc(C=O)c1. The van der Waals surface area contributed by atoms with Crippen LogP contribution in [0.3, 0.4) is 0 Å². The van der Waals surface area contributed by atoms with Crippen LogP contribution in [0.2, 0.25) is 5.02 Å². The van der Waals surface area contributed by atoms with Gasteiger partial charge in [-0.2, -0.15) is 0 Å². The molecule has 1 rings (SSSR count). The van der Waals surface area contributed by atoms with Crippen molar-refractivity contribution >= 4 is 23.9 Å². The molecule has 0 spiro atoms. The lowest BCUT2D eigenvalue weighted by atomic mass is 10.2. The summed E-state index contributed by atoms with van der Waals surface area (Å²) in [6, 6.07) is 4.52. The second-order valence-electron chi connectivity index (χ2n) is 3.12. The predicted molar refractivity (Wildman–Crippen MR) is 58.9 cm³/mol. The van der Waals surface area contributed by atoms with Gasteiger partial charge in [0.15, 0.2) is 6.10 Å². The minimum atomic E-state index is -0.747. The maximum Gasteiger partial charge on any atom is 0.346 e. The summed E-state index contributed by atoms with van der Waals surface area (Å²) in [6.45, 7) is 1.55. The van der Waals surface area contributed by atoms with Crippen LogP contribution in [0.1, 0.15) is 17.3 Å². The largest absolute Gasteiger partial charge is 0.479 e. The summed E-state index contributed by atoms with van der Waals surface area (Å²) < 4.78 is 9.78. The molecule has 0 saturated heterocycles. The van der Waals surface area contributed by atoms with Gasteiger partial charge in [-0.15, -0.1) is 0 Å². The molecule has 0 aromatic heterocycles. The Morgan fingerprint density at radius 1 is 1.44 bits per heavy atom. The topological polar surface area (TPSA) is 52.6 Å². The van der Waals surface area contributed by atoms with E-state index in [1.807, 2.05) is 0 Å². The number of ether oxygens (including phenoxy) is 2. The zero-order chi connectivity index (χ0) is 12.1. The molecule has 0 aliphatic rings. The van der Waals surface area contributed by atoms with E-state index in [0.717, 1.165) is 0 Å². The van der Waals surface area contributed by atoms with Gasteiger partial charge in [0.1, 0.15) is 12.0 Å². The average molecular weight is 243 g/mol. The van der Waals surface area contributed by atoms with Crippen molar-refractivity contribution in [3.05, 3.63) is 28.8 Å². The maximum atomic E-state index is 11.1. The second kappa shape index (κ2) is 5.51. The quantitative estimate of drug-likeness (QED) is 0.599. The molecule has 86 valence electrons. The van der Waals surface area contributed by atoms with Gasteiger partial charge in [0.05, 0.1) is 7.11 Å². The first-order chi connectivity index (χ1) is 7.56. The second-order valence-corrected chi connectivity index (χ2v) is 3.56. The highest BCUT2D eigenvalue weighted by Gasteiger charge is 2.15. The van der Waals surface area contributed by atoms with Gasteiger partial charge < -0.3 is 9.47 Å². The molecule has 0 aliphatic carbocycles. The number of rotatable bonds is 4. The monoisotopic (exact) mass is 242 g/mol. The summed E-state index contributed by atoms with van der Waals surface area (Å²) >= 11 is 5.77. The smallest absolute Gasteiger partial charge is 0.346 e. The molecule has 0 radical (unpaired) electrons. The number of aldehydes is 1. The van der Waals surface area contributed by atoms with Crippen LogP contribution in [-0.4, -0.2) is 25.5 Å². The fraction of sp³-hybridized carbons (Fsp3) is 0.273. The zero-order valence-electron chi connectivity index (χ0n) is 8.90. The van der Waals surface area contributed by atoms with Crippen LogP contribution < -0.4 is 4.74 Å². The number of hydrogen-bond donors (Lipinski definition) is 0. The van der Waals surface area contributed by atoms with Crippen molar-refractivity contribution in [1.82, 2.24) is 0 Å². The molecular formula is C11H11ClO4. The average Bonchev–Trinajstić information content (AvgIpc) is 2.26. The van der Waals surface area contributed by atoms with E-state index in [-0.39, 0.29) is 0 Å². The van der Waals surface area contributed by atoms with Crippen LogP contribution in [0.5, 0.6) is 5.75 Å². The normalized spacial score (nSPS) is 11.7. The Morgan fingerprint density at radius 3 is 2.69 bits per heavy atom. The van der Waals surface area contributed by atoms with E-state index in [1.165, 1.54) is 25.3 Å². The van der Waals surface area contributed by atoms with Gasteiger partial charge in [0.25, 0.3) is 0 Å². The van der Waals surface area contributed by atoms with Gasteiger partial charge >= 0.3 is 5.97 Å². The van der Waals surface area contributed by atoms with Gasteiger partial charge in [-0.3, -0.25) is 4.79 Å². The van der Waals surface area contributed by atoms with Crippen LogP contribution in [-0.2, 0) is 9.53 Å². The van der Waals surface area contributed by atoms with Crippen LogP contribution in [0, 0.1) is 0 Å². The highest BCUT2D eigenvalue weighted by molar-refractivity contribution is 6.31. The molecule has 0 unspecified atom stereocenters. The summed E-state index contributed by atoms with van der Waals surface area (Å²) in [5, 5.41) is 0.372. The standard InChI is InChI=1S/C11H11ClO4/c1-7(11(14)15-2)16-10-4-8(6-13)3-9(12)5-10/h3-7H,1-2H3/t7-/m1/s1. The number of carbonyl (C=O) groups is 2. The van der Waals surface area contributed by atoms with Crippen molar-refractivity contribution in [3.63, 3.8) is 0 Å². The molecule has 16 heavy (non-hydrogen) atoms. The predicted octanol–water partition coefficient (Wildman–Crippen LogP) is 2.09. The number of carbonyl (C=O) groups excluding carboxylic acids is 2. The van der Waals surface area contributed by atoms with Crippen LogP contribution in [0.25, 0.3) is 0 Å². The minimum Gasteiger partial charge on any atom is -0.479 e. The molecule has 0 heterocycles. The van der Waals surface area contributed by atoms with Crippen LogP contribution in [0.15, 0.2) is 18.2 Å². The Labute approximate surface area is 98.1 Å². The van der Waals surface area contributed by atoms with Crippen molar-refractivity contribution in [1.29, 1.82) is 0 Å². The van der Waals surface area contributed by atoms with Crippen molar-refractivity contribution in [3.8, 4) is 5.75 Å². The van der Waals surface area contributed by atoms with E-state index in [0.29, 0.717) is 22.6 Å². The number of hydrogen-bond acceptors (Lipinski definition) is 4. The minimum absolute atomic E-state index is 0.354. The Hall–Kier alpha value is -1.55. The van der Waals surface area contributed by atoms with Crippen molar-refractivity contribution < 1.29 is 19.1 Å². The number of halogens is 1. The van der Waals surface area contributed by atoms with Crippen molar-refractivity contribution in [2.45, 2.75) is 13.0 Å². The first-order valence-corrected chi connectivity index (χ1v) is 4.95. The molecular weight excluding hydrogens is 232 g/mol. The van der Waals surface area contributed by atoms with Crippen LogP contribution in [0.4, 0.5) is 0 Å². The fourth-order valence-corrected chi connectivity index (χ4v) is 1.37. The van der Waals surface area contributed by atoms with E-state index in [2.05, 4.69) is 4.74 Å². The van der Waals surface area contributed by atoms with Crippen molar-refractivity contribution in [2.24, 2.45) is 0 Å². The molecule has 1 aromatic carbocycles. The summed E-state index contributed by atoms with van der Waals surface area (Å²) in [5.41, 5.74) is 0.388. The molecule has 0 amide bonds. The third-order valence-corrected chi connectivity index (χ3v) is 2.09. The first-order valence-electron chi connectivity index (χ1n) is 4.57. The van der Waals surface area contributed by atoms with E-state index < -0.39 is 12.1 Å². The van der Waals surface area contributed by atoms with E-state index in [9.17, 15) is 9.59 Å². The molecule has 5 heteroatoms. The van der Waals surface area contributed by atoms with Gasteiger partial charge in [-0.1, -0.05) is 11.6 Å². The first kappa shape index (κ1) is 12.5. The summed E-state index contributed by atoms with van der Waals surface area (Å²) in [7, 11) is 1.27. The lowest BCUT2D eigenvalue weighted by molar-refractivity contribution is -0.147. The Morgan fingerprint density at radius 2 is 2.12 bits per heavy atom. The lowest BCUT2D eigenvalue weighted by Gasteiger charge is -2.12. The summed E-state index contributed by atoms with van der Waals surface area (Å²) in [6.07, 6.45) is -0.0929. The van der Waals surface area contributed by atoms with Crippen molar-refractivity contribution in [2.75, 3.05) is 7.11 Å². The third kappa shape index (κ3) is 3.24. The zero-order valence-corrected chi connectivity index (χ0v) is 9.65. The maximum absolute atomic E-state index is 11.1. The lowest BCUT2D eigenvalue weighted by Crippen LogP contribution is -2.24.